The number of esters is 2. The van der Waals surface area contributed by atoms with Gasteiger partial charge in [-0.25, -0.2) is 0 Å². The average molecular weight is 820 g/mol. The van der Waals surface area contributed by atoms with Crippen molar-refractivity contribution < 1.29 is 38.2 Å². The minimum Gasteiger partial charge on any atom is -0.544 e. The molecule has 0 saturated heterocycles. The Morgan fingerprint density at radius 1 is 0.500 bits per heavy atom. The molecule has 0 aromatic rings. The Morgan fingerprint density at radius 3 is 1.24 bits per heavy atom. The van der Waals surface area contributed by atoms with Gasteiger partial charge in [0.1, 0.15) is 12.6 Å². The van der Waals surface area contributed by atoms with Crippen LogP contribution in [0.15, 0.2) is 24.3 Å². The van der Waals surface area contributed by atoms with E-state index >= 15 is 0 Å². The summed E-state index contributed by atoms with van der Waals surface area (Å²) in [6.45, 7) is 4.67. The smallest absolute Gasteiger partial charge is 0.306 e. The van der Waals surface area contributed by atoms with E-state index in [2.05, 4.69) is 38.2 Å². The lowest BCUT2D eigenvalue weighted by Gasteiger charge is -2.34. The van der Waals surface area contributed by atoms with Crippen molar-refractivity contribution in [2.24, 2.45) is 0 Å². The van der Waals surface area contributed by atoms with Crippen LogP contribution in [-0.2, 0) is 28.6 Å². The zero-order valence-corrected chi connectivity index (χ0v) is 38.7. The van der Waals surface area contributed by atoms with Gasteiger partial charge in [0.05, 0.1) is 40.3 Å². The van der Waals surface area contributed by atoms with Gasteiger partial charge in [0, 0.05) is 19.3 Å². The molecule has 0 amide bonds. The molecule has 0 rings (SSSR count). The molecule has 0 heterocycles. The molecular weight excluding hydrogens is 727 g/mol. The molecule has 58 heavy (non-hydrogen) atoms. The molecular formula is C50H93NO7. The second-order valence-corrected chi connectivity index (χ2v) is 17.7. The summed E-state index contributed by atoms with van der Waals surface area (Å²) < 4.78 is 17.2. The number of carboxylic acid groups (broad SMARTS) is 1. The van der Waals surface area contributed by atoms with Gasteiger partial charge in [-0.2, -0.15) is 0 Å². The van der Waals surface area contributed by atoms with Crippen LogP contribution in [0.1, 0.15) is 226 Å². The van der Waals surface area contributed by atoms with Crippen molar-refractivity contribution in [2.45, 2.75) is 238 Å². The Hall–Kier alpha value is -2.19. The van der Waals surface area contributed by atoms with E-state index in [1.54, 1.807) is 21.1 Å². The van der Waals surface area contributed by atoms with E-state index < -0.39 is 18.1 Å². The van der Waals surface area contributed by atoms with Crippen molar-refractivity contribution >= 4 is 17.9 Å². The minimum absolute atomic E-state index is 0.0408. The quantitative estimate of drug-likeness (QED) is 0.0261. The molecule has 0 aliphatic heterocycles. The molecule has 0 saturated carbocycles. The molecule has 8 heteroatoms. The van der Waals surface area contributed by atoms with E-state index in [0.29, 0.717) is 12.8 Å². The van der Waals surface area contributed by atoms with E-state index in [-0.39, 0.29) is 42.7 Å². The largest absolute Gasteiger partial charge is 0.544 e. The van der Waals surface area contributed by atoms with Crippen LogP contribution in [0.4, 0.5) is 0 Å². The third-order valence-electron chi connectivity index (χ3n) is 11.1. The van der Waals surface area contributed by atoms with Crippen LogP contribution in [0.25, 0.3) is 0 Å². The third kappa shape index (κ3) is 39.3. The van der Waals surface area contributed by atoms with Crippen molar-refractivity contribution in [2.75, 3.05) is 41.0 Å². The second kappa shape index (κ2) is 41.5. The minimum atomic E-state index is -1.12. The molecule has 0 N–H and O–H groups in total. The summed E-state index contributed by atoms with van der Waals surface area (Å²) in [7, 11) is 5.41. The van der Waals surface area contributed by atoms with Crippen LogP contribution >= 0.6 is 0 Å². The highest BCUT2D eigenvalue weighted by Crippen LogP contribution is 2.15. The highest BCUT2D eigenvalue weighted by atomic mass is 16.6. The number of hydrogen-bond acceptors (Lipinski definition) is 7. The SMILES string of the molecule is CCCCCCCC/C=C\CCCCCCCCCC(=O)OCC(COCCC(C(=O)[O-])[N+](C)(C)C)OC(=O)CCCCCCCCC/C=C\CCCCCCCC. The summed E-state index contributed by atoms with van der Waals surface area (Å²) in [6.07, 6.45) is 46.2. The number of nitrogens with zero attached hydrogens (tertiary/aromatic N) is 1. The molecule has 0 radical (unpaired) electrons. The van der Waals surface area contributed by atoms with Crippen molar-refractivity contribution in [3.63, 3.8) is 0 Å². The molecule has 340 valence electrons. The van der Waals surface area contributed by atoms with E-state index in [1.165, 1.54) is 154 Å². The molecule has 0 aromatic carbocycles. The van der Waals surface area contributed by atoms with Gasteiger partial charge in [0.2, 0.25) is 0 Å². The van der Waals surface area contributed by atoms with E-state index in [9.17, 15) is 19.5 Å². The molecule has 2 unspecified atom stereocenters. The number of quaternary nitrogens is 1. The van der Waals surface area contributed by atoms with Crippen LogP contribution in [0.2, 0.25) is 0 Å². The maximum Gasteiger partial charge on any atom is 0.306 e. The summed E-state index contributed by atoms with van der Waals surface area (Å²) in [5.41, 5.74) is 0. The Bertz CT molecular complexity index is 1000. The number of allylic oxidation sites excluding steroid dienone is 4. The van der Waals surface area contributed by atoms with Crippen LogP contribution in [-0.4, -0.2) is 75.5 Å². The fourth-order valence-corrected chi connectivity index (χ4v) is 7.24. The average Bonchev–Trinajstić information content (AvgIpc) is 3.18. The number of unbranched alkanes of at least 4 members (excludes halogenated alkanes) is 26. The summed E-state index contributed by atoms with van der Waals surface area (Å²) in [5.74, 6) is -1.73. The maximum atomic E-state index is 12.7. The first-order chi connectivity index (χ1) is 28.1. The highest BCUT2D eigenvalue weighted by molar-refractivity contribution is 5.70. The molecule has 8 nitrogen and oxygen atoms in total. The zero-order valence-electron chi connectivity index (χ0n) is 38.7. The first kappa shape index (κ1) is 55.8. The van der Waals surface area contributed by atoms with Gasteiger partial charge in [-0.05, 0) is 64.2 Å². The lowest BCUT2D eigenvalue weighted by Crippen LogP contribution is -2.55. The van der Waals surface area contributed by atoms with Crippen molar-refractivity contribution in [3.05, 3.63) is 24.3 Å². The van der Waals surface area contributed by atoms with Gasteiger partial charge in [-0.3, -0.25) is 9.59 Å². The van der Waals surface area contributed by atoms with E-state index in [0.717, 1.165) is 38.5 Å². The fourth-order valence-electron chi connectivity index (χ4n) is 7.24. The molecule has 2 atom stereocenters. The summed E-state index contributed by atoms with van der Waals surface area (Å²) in [5, 5.41) is 11.6. The normalized spacial score (nSPS) is 13.1. The topological polar surface area (TPSA) is 102 Å². The number of carbonyl (C=O) groups excluding carboxylic acids is 3. The first-order valence-corrected chi connectivity index (χ1v) is 24.4. The zero-order chi connectivity index (χ0) is 42.8. The van der Waals surface area contributed by atoms with Gasteiger partial charge in [0.25, 0.3) is 0 Å². The first-order valence-electron chi connectivity index (χ1n) is 24.4. The van der Waals surface area contributed by atoms with Gasteiger partial charge in [-0.1, -0.05) is 167 Å². The van der Waals surface area contributed by atoms with Gasteiger partial charge in [-0.15, -0.1) is 0 Å². The molecule has 0 aliphatic rings. The van der Waals surface area contributed by atoms with Gasteiger partial charge >= 0.3 is 11.9 Å². The molecule has 0 fully saturated rings. The number of carboxylic acids is 1. The Morgan fingerprint density at radius 2 is 0.862 bits per heavy atom. The van der Waals surface area contributed by atoms with E-state index in [4.69, 9.17) is 14.2 Å². The van der Waals surface area contributed by atoms with Crippen LogP contribution < -0.4 is 5.11 Å². The summed E-state index contributed by atoms with van der Waals surface area (Å²) >= 11 is 0. The predicted molar refractivity (Wildman–Crippen MR) is 240 cm³/mol. The monoisotopic (exact) mass is 820 g/mol. The second-order valence-electron chi connectivity index (χ2n) is 17.7. The molecule has 0 bridgehead atoms. The number of likely N-dealkylation sites (N-methyl/N-ethyl adjacent to an activating group) is 1. The van der Waals surface area contributed by atoms with Crippen molar-refractivity contribution in [1.29, 1.82) is 0 Å². The lowest BCUT2D eigenvalue weighted by atomic mass is 10.1. The Kier molecular flexibility index (Phi) is 40.0. The molecule has 0 aliphatic carbocycles. The van der Waals surface area contributed by atoms with Gasteiger partial charge in [0.15, 0.2) is 6.10 Å². The van der Waals surface area contributed by atoms with Gasteiger partial charge < -0.3 is 28.6 Å². The Labute approximate surface area is 358 Å². The van der Waals surface area contributed by atoms with E-state index in [1.807, 2.05) is 0 Å². The van der Waals surface area contributed by atoms with Crippen molar-refractivity contribution in [1.82, 2.24) is 0 Å². The van der Waals surface area contributed by atoms with Crippen LogP contribution in [0.3, 0.4) is 0 Å². The summed E-state index contributed by atoms with van der Waals surface area (Å²) in [4.78, 5) is 36.9. The molecule has 0 spiro atoms. The molecule has 0 aromatic heterocycles. The highest BCUT2D eigenvalue weighted by Gasteiger charge is 2.25. The number of hydrogen-bond donors (Lipinski definition) is 0. The van der Waals surface area contributed by atoms with Crippen LogP contribution in [0, 0.1) is 0 Å². The number of aliphatic carboxylic acids is 1. The summed E-state index contributed by atoms with van der Waals surface area (Å²) in [6, 6.07) is -0.725. The number of rotatable bonds is 44. The number of ether oxygens (including phenoxy) is 3. The lowest BCUT2D eigenvalue weighted by molar-refractivity contribution is -0.889. The van der Waals surface area contributed by atoms with Crippen LogP contribution in [0.5, 0.6) is 0 Å². The fraction of sp³-hybridized carbons (Fsp3) is 0.860. The number of carbonyl (C=O) groups is 3. The van der Waals surface area contributed by atoms with Crippen molar-refractivity contribution in [3.8, 4) is 0 Å². The third-order valence-corrected chi connectivity index (χ3v) is 11.1. The maximum absolute atomic E-state index is 12.7. The predicted octanol–water partition coefficient (Wildman–Crippen LogP) is 12.3. The Balaban J connectivity index is 4.28. The standard InChI is InChI=1S/C50H93NO7/c1-6-8-10-12-14-16-18-20-22-24-26-28-30-32-34-36-38-40-48(52)57-45-46(44-56-43-42-47(50(54)55)51(3,4)5)58-49(53)41-39-37-35-33-31-29-27-25-23-21-19-17-15-13-11-9-7-2/h20-23,46-47H,6-19,24-45H2,1-5H3/b22-20-,23-21-.